The summed E-state index contributed by atoms with van der Waals surface area (Å²) in [6, 6.07) is 11.5. The molecule has 0 saturated heterocycles. The Balaban J connectivity index is 2.53. The predicted octanol–water partition coefficient (Wildman–Crippen LogP) is 2.03. The van der Waals surface area contributed by atoms with Gasteiger partial charge in [0.15, 0.2) is 0 Å². The van der Waals surface area contributed by atoms with Crippen LogP contribution in [0.1, 0.15) is 12.5 Å². The van der Waals surface area contributed by atoms with Crippen molar-refractivity contribution in [3.8, 4) is 6.07 Å². The van der Waals surface area contributed by atoms with Gasteiger partial charge in [0.1, 0.15) is 12.2 Å². The van der Waals surface area contributed by atoms with Crippen molar-refractivity contribution in [1.29, 1.82) is 5.26 Å². The standard InChI is InChI=1S/C11H13FN2/c1-11(8-12,9-13)14-7-10-5-3-2-4-6-10/h2-6,14H,7-8H2,1H3. The highest BCUT2D eigenvalue weighted by atomic mass is 19.1. The molecule has 0 aliphatic carbocycles. The normalized spacial score (nSPS) is 14.4. The molecule has 1 atom stereocenters. The van der Waals surface area contributed by atoms with E-state index in [2.05, 4.69) is 5.32 Å². The third-order valence-electron chi connectivity index (χ3n) is 2.04. The topological polar surface area (TPSA) is 35.8 Å². The molecule has 0 saturated carbocycles. The van der Waals surface area contributed by atoms with E-state index in [1.165, 1.54) is 0 Å². The average Bonchev–Trinajstić information content (AvgIpc) is 2.27. The van der Waals surface area contributed by atoms with Crippen molar-refractivity contribution in [3.05, 3.63) is 35.9 Å². The van der Waals surface area contributed by atoms with Crippen molar-refractivity contribution >= 4 is 0 Å². The van der Waals surface area contributed by atoms with Crippen LogP contribution in [0.2, 0.25) is 0 Å². The Morgan fingerprint density at radius 3 is 2.57 bits per heavy atom. The van der Waals surface area contributed by atoms with E-state index in [0.29, 0.717) is 6.54 Å². The molecule has 0 radical (unpaired) electrons. The van der Waals surface area contributed by atoms with Crippen molar-refractivity contribution in [2.45, 2.75) is 19.0 Å². The van der Waals surface area contributed by atoms with E-state index in [4.69, 9.17) is 5.26 Å². The summed E-state index contributed by atoms with van der Waals surface area (Å²) in [5, 5.41) is 11.6. The van der Waals surface area contributed by atoms with E-state index in [0.717, 1.165) is 5.56 Å². The number of nitrogens with one attached hydrogen (secondary N) is 1. The smallest absolute Gasteiger partial charge is 0.132 e. The molecule has 1 unspecified atom stereocenters. The van der Waals surface area contributed by atoms with Crippen LogP contribution in [0.5, 0.6) is 0 Å². The average molecular weight is 192 g/mol. The minimum atomic E-state index is -1.07. The van der Waals surface area contributed by atoms with Gasteiger partial charge in [-0.05, 0) is 12.5 Å². The maximum atomic E-state index is 12.5. The van der Waals surface area contributed by atoms with Crippen molar-refractivity contribution in [2.75, 3.05) is 6.67 Å². The molecule has 0 aliphatic rings. The van der Waals surface area contributed by atoms with Crippen molar-refractivity contribution in [2.24, 2.45) is 0 Å². The molecule has 3 heteroatoms. The molecule has 1 rings (SSSR count). The SMILES string of the molecule is CC(C#N)(CF)NCc1ccccc1. The van der Waals surface area contributed by atoms with Gasteiger partial charge < -0.3 is 0 Å². The van der Waals surface area contributed by atoms with Crippen LogP contribution in [0.25, 0.3) is 0 Å². The third kappa shape index (κ3) is 2.82. The molecule has 0 aliphatic heterocycles. The molecule has 0 aromatic heterocycles. The van der Waals surface area contributed by atoms with Gasteiger partial charge in [0, 0.05) is 6.54 Å². The van der Waals surface area contributed by atoms with Crippen LogP contribution in [-0.2, 0) is 6.54 Å². The number of nitriles is 1. The van der Waals surface area contributed by atoms with Gasteiger partial charge in [0.05, 0.1) is 6.07 Å². The third-order valence-corrected chi connectivity index (χ3v) is 2.04. The molecule has 1 aromatic carbocycles. The van der Waals surface area contributed by atoms with E-state index >= 15 is 0 Å². The molecule has 0 spiro atoms. The first kappa shape index (κ1) is 10.7. The largest absolute Gasteiger partial charge is 0.293 e. The highest BCUT2D eigenvalue weighted by Gasteiger charge is 2.22. The van der Waals surface area contributed by atoms with Gasteiger partial charge in [-0.2, -0.15) is 5.26 Å². The second-order valence-corrected chi connectivity index (χ2v) is 3.42. The van der Waals surface area contributed by atoms with E-state index < -0.39 is 12.2 Å². The molecule has 0 bridgehead atoms. The Morgan fingerprint density at radius 1 is 1.43 bits per heavy atom. The van der Waals surface area contributed by atoms with Crippen molar-refractivity contribution in [1.82, 2.24) is 5.32 Å². The summed E-state index contributed by atoms with van der Waals surface area (Å²) < 4.78 is 12.5. The highest BCUT2D eigenvalue weighted by Crippen LogP contribution is 2.05. The quantitative estimate of drug-likeness (QED) is 0.792. The van der Waals surface area contributed by atoms with Crippen LogP contribution in [0.3, 0.4) is 0 Å². The van der Waals surface area contributed by atoms with Gasteiger partial charge in [0.2, 0.25) is 0 Å². The lowest BCUT2D eigenvalue weighted by molar-refractivity contribution is 0.326. The fourth-order valence-corrected chi connectivity index (χ4v) is 1.01. The van der Waals surface area contributed by atoms with Gasteiger partial charge in [-0.3, -0.25) is 5.32 Å². The van der Waals surface area contributed by atoms with Gasteiger partial charge in [-0.15, -0.1) is 0 Å². The van der Waals surface area contributed by atoms with Crippen molar-refractivity contribution < 1.29 is 4.39 Å². The monoisotopic (exact) mass is 192 g/mol. The first-order chi connectivity index (χ1) is 6.70. The van der Waals surface area contributed by atoms with Crippen LogP contribution < -0.4 is 5.32 Å². The van der Waals surface area contributed by atoms with Gasteiger partial charge >= 0.3 is 0 Å². The summed E-state index contributed by atoms with van der Waals surface area (Å²) in [5.41, 5.74) is -0.0297. The molecule has 0 heterocycles. The molecular weight excluding hydrogens is 179 g/mol. The maximum absolute atomic E-state index is 12.5. The summed E-state index contributed by atoms with van der Waals surface area (Å²) in [7, 11) is 0. The Bertz CT molecular complexity index is 318. The molecule has 1 aromatic rings. The first-order valence-electron chi connectivity index (χ1n) is 4.46. The van der Waals surface area contributed by atoms with Crippen LogP contribution in [-0.4, -0.2) is 12.2 Å². The lowest BCUT2D eigenvalue weighted by atomic mass is 10.1. The molecule has 14 heavy (non-hydrogen) atoms. The molecule has 0 amide bonds. The van der Waals surface area contributed by atoms with Crippen LogP contribution in [0.15, 0.2) is 30.3 Å². The zero-order chi connectivity index (χ0) is 10.4. The lowest BCUT2D eigenvalue weighted by Crippen LogP contribution is -2.42. The summed E-state index contributed by atoms with van der Waals surface area (Å²) in [6.07, 6.45) is 0. The second kappa shape index (κ2) is 4.73. The number of hydrogen-bond donors (Lipinski definition) is 1. The molecular formula is C11H13FN2. The van der Waals surface area contributed by atoms with Gasteiger partial charge in [-0.1, -0.05) is 30.3 Å². The fourth-order valence-electron chi connectivity index (χ4n) is 1.01. The maximum Gasteiger partial charge on any atom is 0.132 e. The zero-order valence-corrected chi connectivity index (χ0v) is 8.13. The van der Waals surface area contributed by atoms with Gasteiger partial charge in [0.25, 0.3) is 0 Å². The Morgan fingerprint density at radius 2 is 2.07 bits per heavy atom. The highest BCUT2D eigenvalue weighted by molar-refractivity contribution is 5.15. The summed E-state index contributed by atoms with van der Waals surface area (Å²) in [6.45, 7) is 1.38. The Hall–Kier alpha value is -1.40. The van der Waals surface area contributed by atoms with Crippen LogP contribution >= 0.6 is 0 Å². The summed E-state index contributed by atoms with van der Waals surface area (Å²) in [4.78, 5) is 0. The minimum Gasteiger partial charge on any atom is -0.293 e. The van der Waals surface area contributed by atoms with Gasteiger partial charge in [-0.25, -0.2) is 4.39 Å². The molecule has 2 nitrogen and oxygen atoms in total. The van der Waals surface area contributed by atoms with Crippen LogP contribution in [0.4, 0.5) is 4.39 Å². The second-order valence-electron chi connectivity index (χ2n) is 3.42. The summed E-state index contributed by atoms with van der Waals surface area (Å²) in [5.74, 6) is 0. The minimum absolute atomic E-state index is 0.509. The molecule has 1 N–H and O–H groups in total. The number of alkyl halides is 1. The fraction of sp³-hybridized carbons (Fsp3) is 0.364. The van der Waals surface area contributed by atoms with Crippen LogP contribution in [0, 0.1) is 11.3 Å². The molecule has 74 valence electrons. The summed E-state index contributed by atoms with van der Waals surface area (Å²) >= 11 is 0. The lowest BCUT2D eigenvalue weighted by Gasteiger charge is -2.19. The van der Waals surface area contributed by atoms with E-state index in [9.17, 15) is 4.39 Å². The predicted molar refractivity (Wildman–Crippen MR) is 53.3 cm³/mol. The number of nitrogens with zero attached hydrogens (tertiary/aromatic N) is 1. The van der Waals surface area contributed by atoms with E-state index in [-0.39, 0.29) is 0 Å². The number of hydrogen-bond acceptors (Lipinski definition) is 2. The zero-order valence-electron chi connectivity index (χ0n) is 8.13. The Kier molecular flexibility index (Phi) is 3.61. The van der Waals surface area contributed by atoms with E-state index in [1.54, 1.807) is 6.92 Å². The molecule has 0 fully saturated rings. The Labute approximate surface area is 83.4 Å². The number of benzene rings is 1. The number of rotatable bonds is 4. The first-order valence-corrected chi connectivity index (χ1v) is 4.46. The van der Waals surface area contributed by atoms with E-state index in [1.807, 2.05) is 36.4 Å². The number of halogens is 1. The van der Waals surface area contributed by atoms with Crippen molar-refractivity contribution in [3.63, 3.8) is 0 Å².